The quantitative estimate of drug-likeness (QED) is 0.310. The van der Waals surface area contributed by atoms with Crippen molar-refractivity contribution in [2.45, 2.75) is 20.8 Å². The monoisotopic (exact) mass is 394 g/mol. The Morgan fingerprint density at radius 3 is 2.66 bits per heavy atom. The van der Waals surface area contributed by atoms with Gasteiger partial charge in [0.2, 0.25) is 0 Å². The first-order valence-electron chi connectivity index (χ1n) is 9.94. The fraction of sp³-hybridized carbons (Fsp3) is 0.364. The molecule has 0 radical (unpaired) electrons. The Hall–Kier alpha value is -2.90. The lowest BCUT2D eigenvalue weighted by atomic mass is 10.1. The highest BCUT2D eigenvalue weighted by Crippen LogP contribution is 2.35. The molecule has 0 unspecified atom stereocenters. The number of benzene rings is 2. The van der Waals surface area contributed by atoms with Crippen LogP contribution in [0.15, 0.2) is 35.3 Å². The predicted molar refractivity (Wildman–Crippen MR) is 111 cm³/mol. The van der Waals surface area contributed by atoms with E-state index >= 15 is 0 Å². The number of aromatic nitrogens is 2. The lowest BCUT2D eigenvalue weighted by Gasteiger charge is -2.26. The normalized spacial score (nSPS) is 13.2. The molecule has 4 aromatic rings. The minimum absolute atomic E-state index is 0.0356. The second kappa shape index (κ2) is 7.17. The topological polar surface area (TPSA) is 82.2 Å². The van der Waals surface area contributed by atoms with Crippen LogP contribution in [0.2, 0.25) is 0 Å². The first-order chi connectivity index (χ1) is 13.9. The van der Waals surface area contributed by atoms with E-state index in [1.165, 1.54) is 0 Å². The van der Waals surface area contributed by atoms with Crippen molar-refractivity contribution in [3.8, 4) is 11.5 Å². The molecule has 7 heteroatoms. The summed E-state index contributed by atoms with van der Waals surface area (Å²) < 4.78 is 7.31. The number of hydroxylamine groups is 3. The summed E-state index contributed by atoms with van der Waals surface area (Å²) in [5, 5.41) is 25.7. The average molecular weight is 394 g/mol. The van der Waals surface area contributed by atoms with Crippen LogP contribution in [0.1, 0.15) is 19.7 Å². The van der Waals surface area contributed by atoms with Crippen molar-refractivity contribution in [2.24, 2.45) is 4.99 Å². The molecule has 0 atom stereocenters. The Morgan fingerprint density at radius 1 is 1.21 bits per heavy atom. The van der Waals surface area contributed by atoms with Crippen LogP contribution in [0, 0.1) is 6.92 Å². The summed E-state index contributed by atoms with van der Waals surface area (Å²) in [6.45, 7) is 8.02. The number of ether oxygens (including phenoxy) is 1. The van der Waals surface area contributed by atoms with Crippen LogP contribution < -0.4 is 15.2 Å². The maximum atomic E-state index is 13.5. The molecule has 2 aromatic carbocycles. The molecule has 0 spiro atoms. The van der Waals surface area contributed by atoms with E-state index in [0.29, 0.717) is 48.1 Å². The number of rotatable bonds is 6. The van der Waals surface area contributed by atoms with E-state index in [2.05, 4.69) is 9.98 Å². The average Bonchev–Trinajstić information content (AvgIpc) is 3.08. The summed E-state index contributed by atoms with van der Waals surface area (Å²) in [5.74, 6) is 1.38. The van der Waals surface area contributed by atoms with E-state index in [4.69, 9.17) is 4.74 Å². The van der Waals surface area contributed by atoms with Gasteiger partial charge in [-0.1, -0.05) is 5.75 Å². The van der Waals surface area contributed by atoms with E-state index in [0.717, 1.165) is 22.4 Å². The van der Waals surface area contributed by atoms with Crippen molar-refractivity contribution in [2.75, 3.05) is 33.3 Å². The Balaban J connectivity index is 1.99. The van der Waals surface area contributed by atoms with Crippen molar-refractivity contribution in [3.05, 3.63) is 41.5 Å². The van der Waals surface area contributed by atoms with Crippen molar-refractivity contribution < 1.29 is 19.7 Å². The lowest BCUT2D eigenvalue weighted by Crippen LogP contribution is -2.46. The molecule has 7 nitrogen and oxygen atoms in total. The molecule has 0 amide bonds. The van der Waals surface area contributed by atoms with Crippen LogP contribution in [-0.2, 0) is 0 Å². The molecule has 0 saturated heterocycles. The molecule has 0 aliphatic rings. The summed E-state index contributed by atoms with van der Waals surface area (Å²) >= 11 is 0. The highest BCUT2D eigenvalue weighted by Gasteiger charge is 2.19. The third kappa shape index (κ3) is 3.07. The Morgan fingerprint density at radius 2 is 1.97 bits per heavy atom. The molecule has 2 heterocycles. The first kappa shape index (κ1) is 19.4. The third-order valence-corrected chi connectivity index (χ3v) is 5.86. The number of imidazole rings is 1. The Labute approximate surface area is 169 Å². The molecular weight excluding hydrogens is 368 g/mol. The van der Waals surface area contributed by atoms with Crippen molar-refractivity contribution in [1.82, 2.24) is 9.38 Å². The Bertz CT molecular complexity index is 1260. The number of nitrogens with zero attached hydrogens (tertiary/aromatic N) is 4. The second-order valence-corrected chi connectivity index (χ2v) is 7.37. The number of fused-ring (bicyclic) bond motifs is 2. The van der Waals surface area contributed by atoms with Gasteiger partial charge in [-0.05, 0) is 56.5 Å². The maximum Gasteiger partial charge on any atom is 0.128 e. The molecule has 29 heavy (non-hydrogen) atoms. The number of quaternary nitrogens is 1. The minimum Gasteiger partial charge on any atom is -0.871 e. The van der Waals surface area contributed by atoms with Crippen molar-refractivity contribution >= 4 is 27.3 Å². The number of pyridine rings is 1. The smallest absolute Gasteiger partial charge is 0.128 e. The van der Waals surface area contributed by atoms with Gasteiger partial charge in [0.15, 0.2) is 0 Å². The zero-order valence-electron chi connectivity index (χ0n) is 17.3. The van der Waals surface area contributed by atoms with Gasteiger partial charge < -0.3 is 9.84 Å². The zero-order chi connectivity index (χ0) is 20.8. The number of likely N-dealkylation sites (N-methyl/N-ethyl adjacent to an activating group) is 1. The molecule has 0 saturated carbocycles. The fourth-order valence-electron chi connectivity index (χ4n) is 3.97. The van der Waals surface area contributed by atoms with E-state index < -0.39 is 0 Å². The molecule has 0 bridgehead atoms. The summed E-state index contributed by atoms with van der Waals surface area (Å²) in [7, 11) is 1.59. The van der Waals surface area contributed by atoms with Crippen LogP contribution >= 0.6 is 0 Å². The van der Waals surface area contributed by atoms with E-state index in [1.807, 2.05) is 49.4 Å². The van der Waals surface area contributed by atoms with E-state index in [-0.39, 0.29) is 10.4 Å². The molecule has 0 fully saturated rings. The molecule has 0 aliphatic carbocycles. The molecular formula is C22H26N4O3. The van der Waals surface area contributed by atoms with Crippen LogP contribution in [0.4, 0.5) is 0 Å². The summed E-state index contributed by atoms with van der Waals surface area (Å²) in [6, 6.07) is 9.27. The van der Waals surface area contributed by atoms with Crippen LogP contribution in [-0.4, -0.2) is 52.5 Å². The van der Waals surface area contributed by atoms with E-state index in [9.17, 15) is 10.3 Å². The molecule has 4 rings (SSSR count). The second-order valence-electron chi connectivity index (χ2n) is 7.37. The van der Waals surface area contributed by atoms with Gasteiger partial charge in [-0.2, -0.15) is 4.65 Å². The first-order valence-corrected chi connectivity index (χ1v) is 9.94. The number of hydrogen-bond donors (Lipinski definition) is 1. The van der Waals surface area contributed by atoms with Gasteiger partial charge in [-0.25, -0.2) is 10.2 Å². The van der Waals surface area contributed by atoms with Gasteiger partial charge in [-0.3, -0.25) is 9.39 Å². The standard InChI is InChI=1S/C22H26N4O3/c1-5-26(28,6-2)12-11-23-17-8-9-18-21-20(17)22(27)16-13-15(29-4)7-10-19(16)25(21)14(3)24-18/h7-10,13,28H,5-6,11-12H2,1-4H3. The summed E-state index contributed by atoms with van der Waals surface area (Å²) in [5.41, 5.74) is 2.38. The summed E-state index contributed by atoms with van der Waals surface area (Å²) in [6.07, 6.45) is 0. The van der Waals surface area contributed by atoms with Gasteiger partial charge in [0.1, 0.15) is 31.2 Å². The van der Waals surface area contributed by atoms with Crippen LogP contribution in [0.25, 0.3) is 27.3 Å². The van der Waals surface area contributed by atoms with Crippen LogP contribution in [0.3, 0.4) is 0 Å². The molecule has 2 aromatic heterocycles. The van der Waals surface area contributed by atoms with Gasteiger partial charge in [0.05, 0.1) is 35.6 Å². The van der Waals surface area contributed by atoms with Gasteiger partial charge >= 0.3 is 0 Å². The third-order valence-electron chi connectivity index (χ3n) is 5.86. The largest absolute Gasteiger partial charge is 0.871 e. The van der Waals surface area contributed by atoms with Crippen LogP contribution in [0.5, 0.6) is 11.5 Å². The minimum atomic E-state index is -0.0774. The molecule has 0 aliphatic heterocycles. The van der Waals surface area contributed by atoms with Gasteiger partial charge in [0, 0.05) is 5.39 Å². The molecule has 152 valence electrons. The number of hydrogen-bond acceptors (Lipinski definition) is 5. The predicted octanol–water partition coefficient (Wildman–Crippen LogP) is 2.62. The number of methoxy groups -OCH3 is 1. The lowest BCUT2D eigenvalue weighted by molar-refractivity contribution is -1.10. The zero-order valence-corrected chi connectivity index (χ0v) is 17.3. The fourth-order valence-corrected chi connectivity index (χ4v) is 3.97. The van der Waals surface area contributed by atoms with Gasteiger partial charge in [-0.15, -0.1) is 0 Å². The molecule has 1 N–H and O–H groups in total. The van der Waals surface area contributed by atoms with Crippen molar-refractivity contribution in [3.63, 3.8) is 0 Å². The van der Waals surface area contributed by atoms with E-state index in [1.54, 1.807) is 13.2 Å². The van der Waals surface area contributed by atoms with Crippen molar-refractivity contribution in [1.29, 1.82) is 0 Å². The SMILES string of the molecule is CC[N+](O)(CC)CCN=c1ccc2nc(C)n3c4ccc(OC)cc4c([O-])c1c23. The summed E-state index contributed by atoms with van der Waals surface area (Å²) in [4.78, 5) is 9.33. The highest BCUT2D eigenvalue weighted by atomic mass is 16.5. The highest BCUT2D eigenvalue weighted by molar-refractivity contribution is 6.07. The van der Waals surface area contributed by atoms with Gasteiger partial charge in [0.25, 0.3) is 0 Å². The maximum absolute atomic E-state index is 13.5. The Kier molecular flexibility index (Phi) is 4.80. The number of aryl methyl sites for hydroxylation is 1.